The van der Waals surface area contributed by atoms with Crippen LogP contribution in [0.5, 0.6) is 0 Å². The van der Waals surface area contributed by atoms with Crippen molar-refractivity contribution in [2.45, 2.75) is 32.9 Å². The molecule has 1 aromatic carbocycles. The summed E-state index contributed by atoms with van der Waals surface area (Å²) >= 11 is 0. The van der Waals surface area contributed by atoms with Crippen LogP contribution in [0.4, 0.5) is 4.39 Å². The number of benzene rings is 1. The van der Waals surface area contributed by atoms with Gasteiger partial charge in [0.25, 0.3) is 5.91 Å². The fraction of sp³-hybridized carbons (Fsp3) is 0.500. The average molecular weight is 251 g/mol. The number of aryl methyl sites for hydroxylation is 1. The van der Waals surface area contributed by atoms with Crippen molar-refractivity contribution in [2.24, 2.45) is 0 Å². The van der Waals surface area contributed by atoms with Crippen LogP contribution in [0, 0.1) is 12.7 Å². The molecule has 0 spiro atoms. The molecule has 4 heteroatoms. The van der Waals surface area contributed by atoms with E-state index in [0.29, 0.717) is 13.2 Å². The Morgan fingerprint density at radius 2 is 2.17 bits per heavy atom. The highest BCUT2D eigenvalue weighted by atomic mass is 19.1. The molecule has 1 amide bonds. The summed E-state index contributed by atoms with van der Waals surface area (Å²) in [6.07, 6.45) is -0.00124. The Balaban J connectivity index is 2.24. The van der Waals surface area contributed by atoms with Crippen LogP contribution in [-0.2, 0) is 4.74 Å². The Kier molecular flexibility index (Phi) is 3.66. The monoisotopic (exact) mass is 251 g/mol. The van der Waals surface area contributed by atoms with Gasteiger partial charge in [-0.15, -0.1) is 0 Å². The predicted molar refractivity (Wildman–Crippen MR) is 67.0 cm³/mol. The molecule has 3 nitrogen and oxygen atoms in total. The molecule has 1 aliphatic heterocycles. The number of carbonyl (C=O) groups is 1. The highest BCUT2D eigenvalue weighted by molar-refractivity contribution is 5.94. The Bertz CT molecular complexity index is 461. The minimum absolute atomic E-state index is 0.00124. The third-order valence-corrected chi connectivity index (χ3v) is 3.22. The molecule has 1 aromatic rings. The molecule has 1 saturated heterocycles. The van der Waals surface area contributed by atoms with Gasteiger partial charge in [-0.3, -0.25) is 4.79 Å². The van der Waals surface area contributed by atoms with Crippen molar-refractivity contribution in [2.75, 3.05) is 13.2 Å². The van der Waals surface area contributed by atoms with Gasteiger partial charge >= 0.3 is 0 Å². The van der Waals surface area contributed by atoms with Crippen molar-refractivity contribution < 1.29 is 13.9 Å². The second-order valence-corrected chi connectivity index (χ2v) is 4.93. The predicted octanol–water partition coefficient (Wildman–Crippen LogP) is 2.38. The van der Waals surface area contributed by atoms with E-state index in [1.54, 1.807) is 24.0 Å². The third-order valence-electron chi connectivity index (χ3n) is 3.22. The van der Waals surface area contributed by atoms with Crippen molar-refractivity contribution in [1.29, 1.82) is 0 Å². The Hall–Kier alpha value is -1.42. The Labute approximate surface area is 107 Å². The molecule has 0 bridgehead atoms. The number of nitrogens with zero attached hydrogens (tertiary/aromatic N) is 1. The summed E-state index contributed by atoms with van der Waals surface area (Å²) in [4.78, 5) is 14.0. The van der Waals surface area contributed by atoms with E-state index in [4.69, 9.17) is 4.74 Å². The first-order valence-corrected chi connectivity index (χ1v) is 6.17. The van der Waals surface area contributed by atoms with Gasteiger partial charge in [-0.25, -0.2) is 4.39 Å². The maximum absolute atomic E-state index is 13.8. The number of ether oxygens (including phenoxy) is 1. The molecular formula is C14H18FNO2. The van der Waals surface area contributed by atoms with Gasteiger partial charge in [0.2, 0.25) is 0 Å². The molecule has 98 valence electrons. The lowest BCUT2D eigenvalue weighted by molar-refractivity contribution is -0.0388. The molecule has 0 aromatic heterocycles. The number of rotatable bonds is 1. The molecule has 2 unspecified atom stereocenters. The summed E-state index contributed by atoms with van der Waals surface area (Å²) in [5.74, 6) is -0.707. The van der Waals surface area contributed by atoms with E-state index in [9.17, 15) is 9.18 Å². The van der Waals surface area contributed by atoms with Crippen molar-refractivity contribution in [3.63, 3.8) is 0 Å². The highest BCUT2D eigenvalue weighted by Crippen LogP contribution is 2.18. The lowest BCUT2D eigenvalue weighted by Gasteiger charge is -2.36. The van der Waals surface area contributed by atoms with Crippen LogP contribution < -0.4 is 0 Å². The zero-order valence-electron chi connectivity index (χ0n) is 10.9. The van der Waals surface area contributed by atoms with E-state index in [0.717, 1.165) is 5.56 Å². The van der Waals surface area contributed by atoms with Gasteiger partial charge in [-0.2, -0.15) is 0 Å². The summed E-state index contributed by atoms with van der Waals surface area (Å²) < 4.78 is 19.3. The van der Waals surface area contributed by atoms with Crippen LogP contribution in [0.3, 0.4) is 0 Å². The van der Waals surface area contributed by atoms with E-state index >= 15 is 0 Å². The smallest absolute Gasteiger partial charge is 0.257 e. The van der Waals surface area contributed by atoms with Crippen LogP contribution >= 0.6 is 0 Å². The molecule has 0 radical (unpaired) electrons. The second kappa shape index (κ2) is 5.06. The number of hydrogen-bond donors (Lipinski definition) is 0. The van der Waals surface area contributed by atoms with E-state index in [1.165, 1.54) is 6.07 Å². The van der Waals surface area contributed by atoms with Gasteiger partial charge in [0.1, 0.15) is 5.82 Å². The highest BCUT2D eigenvalue weighted by Gasteiger charge is 2.29. The minimum Gasteiger partial charge on any atom is -0.375 e. The molecule has 0 N–H and O–H groups in total. The van der Waals surface area contributed by atoms with Gasteiger partial charge in [-0.1, -0.05) is 6.07 Å². The second-order valence-electron chi connectivity index (χ2n) is 4.93. The molecule has 2 atom stereocenters. The zero-order chi connectivity index (χ0) is 13.3. The van der Waals surface area contributed by atoms with Gasteiger partial charge in [-0.05, 0) is 38.5 Å². The fourth-order valence-electron chi connectivity index (χ4n) is 2.13. The van der Waals surface area contributed by atoms with Crippen LogP contribution in [0.15, 0.2) is 18.2 Å². The number of morpholine rings is 1. The maximum Gasteiger partial charge on any atom is 0.257 e. The summed E-state index contributed by atoms with van der Waals surface area (Å²) in [5.41, 5.74) is 0.953. The average Bonchev–Trinajstić information content (AvgIpc) is 2.31. The van der Waals surface area contributed by atoms with Crippen molar-refractivity contribution in [3.05, 3.63) is 35.1 Å². The van der Waals surface area contributed by atoms with Crippen LogP contribution in [0.25, 0.3) is 0 Å². The van der Waals surface area contributed by atoms with Crippen molar-refractivity contribution >= 4 is 5.91 Å². The number of halogens is 1. The standard InChI is InChI=1S/C14H18FNO2/c1-9-4-5-12(13(15)6-9)14(17)16-7-11(3)18-8-10(16)2/h4-6,10-11H,7-8H2,1-3H3. The molecule has 1 aliphatic rings. The molecule has 1 heterocycles. The SMILES string of the molecule is Cc1ccc(C(=O)N2CC(C)OCC2C)c(F)c1. The first kappa shape index (κ1) is 13.0. The van der Waals surface area contributed by atoms with Gasteiger partial charge < -0.3 is 9.64 Å². The molecule has 18 heavy (non-hydrogen) atoms. The molecular weight excluding hydrogens is 233 g/mol. The lowest BCUT2D eigenvalue weighted by atomic mass is 10.1. The van der Waals surface area contributed by atoms with Crippen LogP contribution in [-0.4, -0.2) is 36.1 Å². The summed E-state index contributed by atoms with van der Waals surface area (Å²) in [6, 6.07) is 4.68. The van der Waals surface area contributed by atoms with Crippen LogP contribution in [0.2, 0.25) is 0 Å². The van der Waals surface area contributed by atoms with E-state index < -0.39 is 5.82 Å². The maximum atomic E-state index is 13.8. The van der Waals surface area contributed by atoms with E-state index in [-0.39, 0.29) is 23.6 Å². The van der Waals surface area contributed by atoms with Gasteiger partial charge in [0.05, 0.1) is 24.3 Å². The van der Waals surface area contributed by atoms with E-state index in [1.807, 2.05) is 13.8 Å². The zero-order valence-corrected chi connectivity index (χ0v) is 10.9. The van der Waals surface area contributed by atoms with Crippen LogP contribution in [0.1, 0.15) is 29.8 Å². The largest absolute Gasteiger partial charge is 0.375 e. The third kappa shape index (κ3) is 2.53. The minimum atomic E-state index is -0.452. The molecule has 1 fully saturated rings. The van der Waals surface area contributed by atoms with E-state index in [2.05, 4.69) is 0 Å². The topological polar surface area (TPSA) is 29.5 Å². The van der Waals surface area contributed by atoms with Gasteiger partial charge in [0.15, 0.2) is 0 Å². The number of carbonyl (C=O) groups excluding carboxylic acids is 1. The molecule has 2 rings (SSSR count). The molecule has 0 aliphatic carbocycles. The quantitative estimate of drug-likeness (QED) is 0.767. The fourth-order valence-corrected chi connectivity index (χ4v) is 2.13. The number of hydrogen-bond acceptors (Lipinski definition) is 2. The van der Waals surface area contributed by atoms with Crippen molar-refractivity contribution in [3.8, 4) is 0 Å². The normalized spacial score (nSPS) is 24.1. The first-order chi connectivity index (χ1) is 8.49. The van der Waals surface area contributed by atoms with Gasteiger partial charge in [0, 0.05) is 6.54 Å². The van der Waals surface area contributed by atoms with Crippen molar-refractivity contribution in [1.82, 2.24) is 4.90 Å². The summed E-state index contributed by atoms with van der Waals surface area (Å²) in [6.45, 7) is 6.64. The summed E-state index contributed by atoms with van der Waals surface area (Å²) in [5, 5.41) is 0. The Morgan fingerprint density at radius 3 is 2.83 bits per heavy atom. The number of amides is 1. The molecule has 0 saturated carbocycles. The Morgan fingerprint density at radius 1 is 1.44 bits per heavy atom. The lowest BCUT2D eigenvalue weighted by Crippen LogP contribution is -2.50. The first-order valence-electron chi connectivity index (χ1n) is 6.17. The summed E-state index contributed by atoms with van der Waals surface area (Å²) in [7, 11) is 0.